The quantitative estimate of drug-likeness (QED) is 0.382. The summed E-state index contributed by atoms with van der Waals surface area (Å²) in [6.07, 6.45) is 3.20. The molecule has 0 aliphatic rings. The van der Waals surface area contributed by atoms with Gasteiger partial charge in [-0.05, 0) is 24.3 Å². The molecule has 4 aromatic rings. The molecule has 0 atom stereocenters. The number of nitrogens with one attached hydrogen (secondary N) is 1. The number of para-hydroxylation sites is 3. The molecule has 1 amide bonds. The number of rotatable bonds is 6. The van der Waals surface area contributed by atoms with Crippen LogP contribution in [0.15, 0.2) is 66.3 Å². The van der Waals surface area contributed by atoms with Crippen LogP contribution in [0, 0.1) is 0 Å². The van der Waals surface area contributed by atoms with Crippen molar-refractivity contribution in [3.63, 3.8) is 0 Å². The van der Waals surface area contributed by atoms with E-state index in [0.29, 0.717) is 34.5 Å². The zero-order valence-corrected chi connectivity index (χ0v) is 16.4. The smallest absolute Gasteiger partial charge is 0.257 e. The minimum atomic E-state index is -0.367. The summed E-state index contributed by atoms with van der Waals surface area (Å²) in [6.45, 7) is 3.92. The van der Waals surface area contributed by atoms with Crippen molar-refractivity contribution in [1.82, 2.24) is 20.0 Å². The third-order valence-electron chi connectivity index (χ3n) is 4.56. The van der Waals surface area contributed by atoms with E-state index in [4.69, 9.17) is 10.5 Å². The SMILES string of the molecule is C=CCNC(=O)c1c(N)n(/N=C\c2ccccc2OC)c2nc3ccccc3nc12. The maximum Gasteiger partial charge on any atom is 0.257 e. The molecular weight excluding hydrogens is 380 g/mol. The average Bonchev–Trinajstić information content (AvgIpc) is 3.04. The molecular formula is C22H20N6O2. The number of nitrogens with zero attached hydrogens (tertiary/aromatic N) is 4. The Morgan fingerprint density at radius 1 is 1.20 bits per heavy atom. The van der Waals surface area contributed by atoms with E-state index in [0.717, 1.165) is 5.56 Å². The first-order valence-electron chi connectivity index (χ1n) is 9.27. The maximum atomic E-state index is 12.8. The zero-order chi connectivity index (χ0) is 21.1. The number of nitrogens with two attached hydrogens (primary N) is 1. The molecule has 0 aliphatic carbocycles. The first-order valence-corrected chi connectivity index (χ1v) is 9.27. The molecule has 2 aromatic heterocycles. The van der Waals surface area contributed by atoms with Gasteiger partial charge in [-0.25, -0.2) is 9.97 Å². The summed E-state index contributed by atoms with van der Waals surface area (Å²) in [5, 5.41) is 7.23. The molecule has 150 valence electrons. The number of ether oxygens (including phenoxy) is 1. The Morgan fingerprint density at radius 3 is 2.63 bits per heavy atom. The molecule has 3 N–H and O–H groups in total. The number of nitrogen functional groups attached to an aromatic ring is 1. The first kappa shape index (κ1) is 19.1. The standard InChI is InChI=1S/C22H20N6O2/c1-3-12-24-22(29)18-19-21(27-16-10-6-5-9-15(16)26-19)28(20(18)23)25-13-14-8-4-7-11-17(14)30-2/h3-11,13H,1,12,23H2,2H3,(H,24,29)/b25-13-. The molecule has 0 saturated heterocycles. The van der Waals surface area contributed by atoms with Crippen LogP contribution >= 0.6 is 0 Å². The minimum absolute atomic E-state index is 0.146. The number of hydrogen-bond acceptors (Lipinski definition) is 6. The molecule has 8 nitrogen and oxygen atoms in total. The van der Waals surface area contributed by atoms with Gasteiger partial charge in [-0.2, -0.15) is 9.78 Å². The van der Waals surface area contributed by atoms with Crippen molar-refractivity contribution < 1.29 is 9.53 Å². The first-order chi connectivity index (χ1) is 14.6. The highest BCUT2D eigenvalue weighted by Crippen LogP contribution is 2.28. The number of carbonyl (C=O) groups excluding carboxylic acids is 1. The van der Waals surface area contributed by atoms with Gasteiger partial charge in [-0.3, -0.25) is 4.79 Å². The summed E-state index contributed by atoms with van der Waals surface area (Å²) < 4.78 is 6.78. The van der Waals surface area contributed by atoms with Crippen LogP contribution < -0.4 is 15.8 Å². The van der Waals surface area contributed by atoms with Crippen LogP contribution in [-0.4, -0.2) is 40.4 Å². The summed E-state index contributed by atoms with van der Waals surface area (Å²) >= 11 is 0. The van der Waals surface area contributed by atoms with Crippen LogP contribution in [0.2, 0.25) is 0 Å². The number of benzene rings is 2. The van der Waals surface area contributed by atoms with Crippen LogP contribution in [-0.2, 0) is 0 Å². The molecule has 0 bridgehead atoms. The molecule has 0 fully saturated rings. The third-order valence-corrected chi connectivity index (χ3v) is 4.56. The molecule has 4 rings (SSSR count). The highest BCUT2D eigenvalue weighted by Gasteiger charge is 2.23. The van der Waals surface area contributed by atoms with Gasteiger partial charge in [-0.1, -0.05) is 30.3 Å². The van der Waals surface area contributed by atoms with Gasteiger partial charge in [0, 0.05) is 12.1 Å². The second kappa shape index (κ2) is 8.04. The number of anilines is 1. The monoisotopic (exact) mass is 400 g/mol. The van der Waals surface area contributed by atoms with Crippen LogP contribution in [0.1, 0.15) is 15.9 Å². The molecule has 2 aromatic carbocycles. The van der Waals surface area contributed by atoms with Gasteiger partial charge in [0.1, 0.15) is 22.6 Å². The number of amides is 1. The molecule has 0 unspecified atom stereocenters. The molecule has 0 aliphatic heterocycles. The van der Waals surface area contributed by atoms with Gasteiger partial charge in [0.25, 0.3) is 5.91 Å². The summed E-state index contributed by atoms with van der Waals surface area (Å²) in [6, 6.07) is 14.9. The predicted molar refractivity (Wildman–Crippen MR) is 118 cm³/mol. The largest absolute Gasteiger partial charge is 0.496 e. The van der Waals surface area contributed by atoms with Crippen molar-refractivity contribution in [3.05, 3.63) is 72.3 Å². The number of aromatic nitrogens is 3. The van der Waals surface area contributed by atoms with E-state index in [-0.39, 0.29) is 17.3 Å². The zero-order valence-electron chi connectivity index (χ0n) is 16.4. The Bertz CT molecular complexity index is 1290. The fourth-order valence-electron chi connectivity index (χ4n) is 3.13. The van der Waals surface area contributed by atoms with E-state index in [1.165, 1.54) is 4.68 Å². The summed E-state index contributed by atoms with van der Waals surface area (Å²) in [5.41, 5.74) is 9.42. The molecule has 0 radical (unpaired) electrons. The Labute approximate surface area is 172 Å². The topological polar surface area (TPSA) is 107 Å². The van der Waals surface area contributed by atoms with Crippen molar-refractivity contribution in [2.75, 3.05) is 19.4 Å². The predicted octanol–water partition coefficient (Wildman–Crippen LogP) is 2.97. The van der Waals surface area contributed by atoms with E-state index in [1.54, 1.807) is 19.4 Å². The normalized spacial score (nSPS) is 11.2. The van der Waals surface area contributed by atoms with Gasteiger partial charge in [0.15, 0.2) is 5.65 Å². The van der Waals surface area contributed by atoms with E-state index in [2.05, 4.69) is 27.0 Å². The number of carbonyl (C=O) groups is 1. The molecule has 0 spiro atoms. The second-order valence-electron chi connectivity index (χ2n) is 6.44. The second-order valence-corrected chi connectivity index (χ2v) is 6.44. The lowest BCUT2D eigenvalue weighted by molar-refractivity contribution is 0.0960. The lowest BCUT2D eigenvalue weighted by Gasteiger charge is -2.04. The Kier molecular flexibility index (Phi) is 5.13. The lowest BCUT2D eigenvalue weighted by atomic mass is 10.2. The fourth-order valence-corrected chi connectivity index (χ4v) is 3.13. The van der Waals surface area contributed by atoms with Crippen molar-refractivity contribution in [3.8, 4) is 5.75 Å². The van der Waals surface area contributed by atoms with Crippen LogP contribution in [0.3, 0.4) is 0 Å². The van der Waals surface area contributed by atoms with Gasteiger partial charge in [0.05, 0.1) is 24.4 Å². The highest BCUT2D eigenvalue weighted by molar-refractivity contribution is 6.10. The number of methoxy groups -OCH3 is 1. The van der Waals surface area contributed by atoms with E-state index in [9.17, 15) is 4.79 Å². The number of hydrogen-bond donors (Lipinski definition) is 2. The maximum absolute atomic E-state index is 12.8. The summed E-state index contributed by atoms with van der Waals surface area (Å²) in [4.78, 5) is 22.1. The molecule has 30 heavy (non-hydrogen) atoms. The molecule has 0 saturated carbocycles. The van der Waals surface area contributed by atoms with Crippen LogP contribution in [0.5, 0.6) is 5.75 Å². The van der Waals surface area contributed by atoms with E-state index in [1.807, 2.05) is 48.5 Å². The summed E-state index contributed by atoms with van der Waals surface area (Å²) in [7, 11) is 1.59. The van der Waals surface area contributed by atoms with Gasteiger partial charge < -0.3 is 15.8 Å². The molecule has 8 heteroatoms. The van der Waals surface area contributed by atoms with Crippen LogP contribution in [0.25, 0.3) is 22.2 Å². The number of fused-ring (bicyclic) bond motifs is 2. The lowest BCUT2D eigenvalue weighted by Crippen LogP contribution is -2.24. The Morgan fingerprint density at radius 2 is 1.90 bits per heavy atom. The van der Waals surface area contributed by atoms with Crippen molar-refractivity contribution in [2.45, 2.75) is 0 Å². The highest BCUT2D eigenvalue weighted by atomic mass is 16.5. The minimum Gasteiger partial charge on any atom is -0.496 e. The van der Waals surface area contributed by atoms with Gasteiger partial charge in [-0.15, -0.1) is 6.58 Å². The van der Waals surface area contributed by atoms with Gasteiger partial charge >= 0.3 is 0 Å². The van der Waals surface area contributed by atoms with Crippen molar-refractivity contribution in [2.24, 2.45) is 5.10 Å². The fraction of sp³-hybridized carbons (Fsp3) is 0.0909. The Balaban J connectivity index is 1.92. The Hall–Kier alpha value is -4.20. The van der Waals surface area contributed by atoms with E-state index >= 15 is 0 Å². The van der Waals surface area contributed by atoms with E-state index < -0.39 is 0 Å². The average molecular weight is 400 g/mol. The third kappa shape index (κ3) is 3.35. The van der Waals surface area contributed by atoms with Gasteiger partial charge in [0.2, 0.25) is 0 Å². The van der Waals surface area contributed by atoms with Crippen molar-refractivity contribution >= 4 is 40.1 Å². The summed E-state index contributed by atoms with van der Waals surface area (Å²) in [5.74, 6) is 0.443. The molecule has 2 heterocycles. The van der Waals surface area contributed by atoms with Crippen molar-refractivity contribution in [1.29, 1.82) is 0 Å². The van der Waals surface area contributed by atoms with Crippen LogP contribution in [0.4, 0.5) is 5.82 Å².